The molecule has 5 heteroatoms. The number of carbonyl (C=O) groups excluding carboxylic acids is 1. The zero-order valence-corrected chi connectivity index (χ0v) is 5.94. The van der Waals surface area contributed by atoms with E-state index >= 15 is 0 Å². The lowest BCUT2D eigenvalue weighted by molar-refractivity contribution is 0.111. The lowest BCUT2D eigenvalue weighted by atomic mass is 10.5. The van der Waals surface area contributed by atoms with Crippen LogP contribution in [-0.2, 0) is 0 Å². The fraction of sp³-hybridized carbons (Fsp3) is 0. The Morgan fingerprint density at radius 3 is 3.08 bits per heavy atom. The summed E-state index contributed by atoms with van der Waals surface area (Å²) in [6, 6.07) is 0. The minimum absolute atomic E-state index is 0.244. The van der Waals surface area contributed by atoms with Gasteiger partial charge >= 0.3 is 0 Å². The summed E-state index contributed by atoms with van der Waals surface area (Å²) >= 11 is 0. The van der Waals surface area contributed by atoms with Crippen molar-refractivity contribution in [2.45, 2.75) is 0 Å². The van der Waals surface area contributed by atoms with Crippen LogP contribution in [0.25, 0.3) is 5.78 Å². The predicted octanol–water partition coefficient (Wildman–Crippen LogP) is 0.681. The first-order chi connectivity index (χ1) is 5.79. The minimum Gasteiger partial charge on any atom is -0.296 e. The van der Waals surface area contributed by atoms with E-state index in [1.54, 1.807) is 0 Å². The molecule has 0 aliphatic carbocycles. The number of fused-ring (bicyclic) bond motifs is 1. The van der Waals surface area contributed by atoms with Gasteiger partial charge in [0.25, 0.3) is 0 Å². The summed E-state index contributed by atoms with van der Waals surface area (Å²) in [5.41, 5.74) is 0.244. The molecule has 0 saturated heterocycles. The van der Waals surface area contributed by atoms with Gasteiger partial charge in [0.05, 0.1) is 6.20 Å². The molecule has 0 saturated carbocycles. The van der Waals surface area contributed by atoms with Gasteiger partial charge < -0.3 is 0 Å². The molecule has 0 radical (unpaired) electrons. The third-order valence-electron chi connectivity index (χ3n) is 1.42. The van der Waals surface area contributed by atoms with Crippen LogP contribution >= 0.6 is 0 Å². The molecule has 0 aromatic carbocycles. The van der Waals surface area contributed by atoms with Crippen LogP contribution in [0.2, 0.25) is 0 Å². The maximum absolute atomic E-state index is 12.6. The van der Waals surface area contributed by atoms with Crippen molar-refractivity contribution in [3.05, 3.63) is 30.1 Å². The summed E-state index contributed by atoms with van der Waals surface area (Å²) in [6.07, 6.45) is 4.27. The third kappa shape index (κ3) is 0.952. The summed E-state index contributed by atoms with van der Waals surface area (Å²) in [5.74, 6) is -0.143. The standard InChI is InChI=1S/C7H4FN3O/c8-5-1-9-7-10-6(4-12)3-11(7)2-5/h1-4H. The van der Waals surface area contributed by atoms with E-state index in [0.717, 1.165) is 6.20 Å². The Hall–Kier alpha value is -1.78. The second-order valence-electron chi connectivity index (χ2n) is 2.26. The predicted molar refractivity (Wildman–Crippen MR) is 38.3 cm³/mol. The first-order valence-corrected chi connectivity index (χ1v) is 3.25. The number of aromatic nitrogens is 3. The molecule has 0 atom stereocenters. The lowest BCUT2D eigenvalue weighted by Gasteiger charge is -1.89. The molecule has 0 amide bonds. The van der Waals surface area contributed by atoms with Gasteiger partial charge in [0.2, 0.25) is 5.78 Å². The molecule has 0 fully saturated rings. The SMILES string of the molecule is O=Cc1cn2cc(F)cnc2n1. The molecule has 0 aliphatic heterocycles. The van der Waals surface area contributed by atoms with Crippen LogP contribution in [0.15, 0.2) is 18.6 Å². The number of imidazole rings is 1. The summed E-state index contributed by atoms with van der Waals surface area (Å²) in [7, 11) is 0. The average molecular weight is 165 g/mol. The van der Waals surface area contributed by atoms with Gasteiger partial charge in [-0.25, -0.2) is 14.4 Å². The number of halogens is 1. The van der Waals surface area contributed by atoms with E-state index in [4.69, 9.17) is 0 Å². The van der Waals surface area contributed by atoms with Crippen LogP contribution in [-0.4, -0.2) is 20.7 Å². The molecule has 0 aliphatic rings. The van der Waals surface area contributed by atoms with E-state index in [2.05, 4.69) is 9.97 Å². The van der Waals surface area contributed by atoms with E-state index in [9.17, 15) is 9.18 Å². The fourth-order valence-electron chi connectivity index (χ4n) is 0.935. The average Bonchev–Trinajstić information content (AvgIpc) is 2.46. The van der Waals surface area contributed by atoms with Gasteiger partial charge in [-0.05, 0) is 0 Å². The topological polar surface area (TPSA) is 47.3 Å². The van der Waals surface area contributed by atoms with Crippen molar-refractivity contribution in [3.63, 3.8) is 0 Å². The van der Waals surface area contributed by atoms with Gasteiger partial charge in [-0.15, -0.1) is 0 Å². The van der Waals surface area contributed by atoms with Crippen LogP contribution in [0.4, 0.5) is 4.39 Å². The zero-order valence-electron chi connectivity index (χ0n) is 5.94. The molecule has 0 bridgehead atoms. The van der Waals surface area contributed by atoms with Gasteiger partial charge in [0, 0.05) is 12.4 Å². The molecule has 0 unspecified atom stereocenters. The highest BCUT2D eigenvalue weighted by molar-refractivity contribution is 5.72. The first kappa shape index (κ1) is 6.90. The van der Waals surface area contributed by atoms with Crippen LogP contribution in [0, 0.1) is 5.82 Å². The molecule has 4 nitrogen and oxygen atoms in total. The normalized spacial score (nSPS) is 10.4. The van der Waals surface area contributed by atoms with E-state index in [-0.39, 0.29) is 5.69 Å². The number of carbonyl (C=O) groups is 1. The maximum atomic E-state index is 12.6. The second kappa shape index (κ2) is 2.37. The van der Waals surface area contributed by atoms with Crippen LogP contribution in [0.3, 0.4) is 0 Å². The van der Waals surface area contributed by atoms with Crippen molar-refractivity contribution in [1.29, 1.82) is 0 Å². The minimum atomic E-state index is -0.461. The highest BCUT2D eigenvalue weighted by atomic mass is 19.1. The van der Waals surface area contributed by atoms with Crippen LogP contribution in [0.1, 0.15) is 10.5 Å². The Labute approximate surface area is 66.7 Å². The quantitative estimate of drug-likeness (QED) is 0.584. The summed E-state index contributed by atoms with van der Waals surface area (Å²) in [5, 5.41) is 0. The maximum Gasteiger partial charge on any atom is 0.234 e. The zero-order chi connectivity index (χ0) is 8.55. The van der Waals surface area contributed by atoms with Crippen molar-refractivity contribution in [2.24, 2.45) is 0 Å². The molecular weight excluding hydrogens is 161 g/mol. The summed E-state index contributed by atoms with van der Waals surface area (Å²) < 4.78 is 13.9. The highest BCUT2D eigenvalue weighted by Gasteiger charge is 2.01. The van der Waals surface area contributed by atoms with E-state index in [1.165, 1.54) is 16.8 Å². The van der Waals surface area contributed by atoms with Crippen molar-refractivity contribution in [1.82, 2.24) is 14.4 Å². The van der Waals surface area contributed by atoms with Crippen molar-refractivity contribution in [3.8, 4) is 0 Å². The van der Waals surface area contributed by atoms with Gasteiger partial charge in [-0.2, -0.15) is 0 Å². The van der Waals surface area contributed by atoms with E-state index in [0.29, 0.717) is 12.1 Å². The van der Waals surface area contributed by atoms with Crippen molar-refractivity contribution < 1.29 is 9.18 Å². The fourth-order valence-corrected chi connectivity index (χ4v) is 0.935. The smallest absolute Gasteiger partial charge is 0.234 e. The van der Waals surface area contributed by atoms with Gasteiger partial charge in [0.1, 0.15) is 5.69 Å². The number of aldehydes is 1. The number of hydrogen-bond acceptors (Lipinski definition) is 3. The van der Waals surface area contributed by atoms with Gasteiger partial charge in [0.15, 0.2) is 12.1 Å². The van der Waals surface area contributed by atoms with Gasteiger partial charge in [-0.3, -0.25) is 9.20 Å². The van der Waals surface area contributed by atoms with Crippen LogP contribution in [0.5, 0.6) is 0 Å². The summed E-state index contributed by atoms with van der Waals surface area (Å²) in [4.78, 5) is 17.7. The number of rotatable bonds is 1. The Bertz CT molecular complexity index is 437. The van der Waals surface area contributed by atoms with Crippen molar-refractivity contribution in [2.75, 3.05) is 0 Å². The highest BCUT2D eigenvalue weighted by Crippen LogP contribution is 2.01. The van der Waals surface area contributed by atoms with Crippen molar-refractivity contribution >= 4 is 12.1 Å². The van der Waals surface area contributed by atoms with E-state index in [1.807, 2.05) is 0 Å². The largest absolute Gasteiger partial charge is 0.296 e. The molecule has 12 heavy (non-hydrogen) atoms. The molecule has 2 heterocycles. The Morgan fingerprint density at radius 1 is 1.50 bits per heavy atom. The molecular formula is C7H4FN3O. The molecule has 60 valence electrons. The number of hydrogen-bond donors (Lipinski definition) is 0. The van der Waals surface area contributed by atoms with Crippen LogP contribution < -0.4 is 0 Å². The molecule has 0 N–H and O–H groups in total. The molecule has 2 aromatic heterocycles. The monoisotopic (exact) mass is 165 g/mol. The second-order valence-corrected chi connectivity index (χ2v) is 2.26. The molecule has 2 rings (SSSR count). The lowest BCUT2D eigenvalue weighted by Crippen LogP contribution is -1.88. The summed E-state index contributed by atoms with van der Waals surface area (Å²) in [6.45, 7) is 0. The third-order valence-corrected chi connectivity index (χ3v) is 1.42. The Balaban J connectivity index is 2.75. The first-order valence-electron chi connectivity index (χ1n) is 3.25. The number of nitrogens with zero attached hydrogens (tertiary/aromatic N) is 3. The Morgan fingerprint density at radius 2 is 2.33 bits per heavy atom. The molecule has 2 aromatic rings. The molecule has 0 spiro atoms. The van der Waals surface area contributed by atoms with Gasteiger partial charge in [-0.1, -0.05) is 0 Å². The Kier molecular flexibility index (Phi) is 1.36. The van der Waals surface area contributed by atoms with E-state index < -0.39 is 5.82 Å².